The maximum Gasteiger partial charge on any atom is 0.341 e. The van der Waals surface area contributed by atoms with Gasteiger partial charge < -0.3 is 14.8 Å². The second-order valence-electron chi connectivity index (χ2n) is 8.08. The summed E-state index contributed by atoms with van der Waals surface area (Å²) in [5.74, 6) is -0.0523. The number of esters is 1. The maximum absolute atomic E-state index is 12.7. The number of rotatable bonds is 5. The van der Waals surface area contributed by atoms with Crippen molar-refractivity contribution in [3.63, 3.8) is 0 Å². The van der Waals surface area contributed by atoms with Crippen molar-refractivity contribution in [1.82, 2.24) is 0 Å². The van der Waals surface area contributed by atoms with E-state index >= 15 is 0 Å². The zero-order valence-electron chi connectivity index (χ0n) is 17.0. The average molecular weight is 402 g/mol. The van der Waals surface area contributed by atoms with E-state index in [1.807, 2.05) is 24.3 Å². The Bertz CT molecular complexity index is 877. The number of amides is 1. The number of methoxy groups -OCH3 is 1. The molecule has 0 bridgehead atoms. The number of fused-ring (bicyclic) bond motifs is 1. The number of anilines is 1. The third-order valence-electron chi connectivity index (χ3n) is 4.95. The predicted octanol–water partition coefficient (Wildman–Crippen LogP) is 4.73. The molecular weight excluding hydrogens is 374 g/mol. The minimum Gasteiger partial charge on any atom is -0.481 e. The third kappa shape index (κ3) is 4.22. The van der Waals surface area contributed by atoms with Crippen molar-refractivity contribution in [3.8, 4) is 5.75 Å². The molecule has 0 saturated heterocycles. The Morgan fingerprint density at radius 1 is 1.14 bits per heavy atom. The molecule has 1 amide bonds. The van der Waals surface area contributed by atoms with Gasteiger partial charge in [-0.05, 0) is 54.9 Å². The first kappa shape index (κ1) is 20.4. The van der Waals surface area contributed by atoms with Gasteiger partial charge in [-0.3, -0.25) is 4.79 Å². The van der Waals surface area contributed by atoms with Gasteiger partial charge in [0.2, 0.25) is 0 Å². The van der Waals surface area contributed by atoms with E-state index < -0.39 is 12.1 Å². The fourth-order valence-electron chi connectivity index (χ4n) is 3.32. The van der Waals surface area contributed by atoms with Gasteiger partial charge in [-0.2, -0.15) is 0 Å². The van der Waals surface area contributed by atoms with Crippen molar-refractivity contribution in [2.75, 3.05) is 12.4 Å². The van der Waals surface area contributed by atoms with Crippen LogP contribution >= 0.6 is 11.3 Å². The molecule has 0 aliphatic heterocycles. The van der Waals surface area contributed by atoms with E-state index in [2.05, 4.69) is 26.1 Å². The van der Waals surface area contributed by atoms with Gasteiger partial charge in [-0.25, -0.2) is 4.79 Å². The lowest BCUT2D eigenvalue weighted by Gasteiger charge is -2.20. The number of carbonyl (C=O) groups is 2. The number of aryl methyl sites for hydroxylation is 1. The third-order valence-corrected chi connectivity index (χ3v) is 6.16. The van der Waals surface area contributed by atoms with Crippen LogP contribution in [0.3, 0.4) is 0 Å². The van der Waals surface area contributed by atoms with Crippen molar-refractivity contribution in [2.24, 2.45) is 0 Å². The average Bonchev–Trinajstić information content (AvgIpc) is 3.21. The van der Waals surface area contributed by atoms with Crippen LogP contribution in [0.1, 0.15) is 60.5 Å². The van der Waals surface area contributed by atoms with Gasteiger partial charge in [0, 0.05) is 4.88 Å². The van der Waals surface area contributed by atoms with Crippen LogP contribution in [-0.2, 0) is 27.8 Å². The standard InChI is InChI=1S/C22H27NO4S/c1-13(27-15-11-9-14(10-12-15)22(2,3)4)19(24)23-20-18(21(25)26-5)16-7-6-8-17(16)28-20/h9-13H,6-8H2,1-5H3,(H,23,24)/t13-/m1/s1. The normalized spacial score (nSPS) is 14.3. The highest BCUT2D eigenvalue weighted by Gasteiger charge is 2.29. The van der Waals surface area contributed by atoms with Crippen LogP contribution in [0, 0.1) is 0 Å². The van der Waals surface area contributed by atoms with Gasteiger partial charge >= 0.3 is 5.97 Å². The van der Waals surface area contributed by atoms with Crippen molar-refractivity contribution in [2.45, 2.75) is 58.5 Å². The number of nitrogens with one attached hydrogen (secondary N) is 1. The fourth-order valence-corrected chi connectivity index (χ4v) is 4.60. The highest BCUT2D eigenvalue weighted by molar-refractivity contribution is 7.17. The number of carbonyl (C=O) groups excluding carboxylic acids is 2. The van der Waals surface area contributed by atoms with Crippen molar-refractivity contribution >= 4 is 28.2 Å². The summed E-state index contributed by atoms with van der Waals surface area (Å²) in [5.41, 5.74) is 2.77. The lowest BCUT2D eigenvalue weighted by Crippen LogP contribution is -2.30. The van der Waals surface area contributed by atoms with Crippen LogP contribution in [0.4, 0.5) is 5.00 Å². The summed E-state index contributed by atoms with van der Waals surface area (Å²) in [4.78, 5) is 26.0. The summed E-state index contributed by atoms with van der Waals surface area (Å²) in [6.07, 6.45) is 2.12. The molecule has 0 spiro atoms. The number of thiophene rings is 1. The molecule has 1 aromatic carbocycles. The molecule has 28 heavy (non-hydrogen) atoms. The van der Waals surface area contributed by atoms with E-state index in [1.54, 1.807) is 6.92 Å². The highest BCUT2D eigenvalue weighted by atomic mass is 32.1. The van der Waals surface area contributed by atoms with Crippen LogP contribution in [0.15, 0.2) is 24.3 Å². The van der Waals surface area contributed by atoms with Crippen LogP contribution in [-0.4, -0.2) is 25.1 Å². The minimum atomic E-state index is -0.692. The van der Waals surface area contributed by atoms with Gasteiger partial charge in [-0.1, -0.05) is 32.9 Å². The Hall–Kier alpha value is -2.34. The number of hydrogen-bond donors (Lipinski definition) is 1. The minimum absolute atomic E-state index is 0.0609. The van der Waals surface area contributed by atoms with Gasteiger partial charge in [-0.15, -0.1) is 11.3 Å². The molecule has 6 heteroatoms. The van der Waals surface area contributed by atoms with Gasteiger partial charge in [0.1, 0.15) is 10.8 Å². The predicted molar refractivity (Wildman–Crippen MR) is 112 cm³/mol. The molecule has 1 N–H and O–H groups in total. The first-order valence-electron chi connectivity index (χ1n) is 9.51. The van der Waals surface area contributed by atoms with Crippen LogP contribution < -0.4 is 10.1 Å². The molecule has 3 rings (SSSR count). The van der Waals surface area contributed by atoms with Gasteiger partial charge in [0.05, 0.1) is 12.7 Å². The molecule has 150 valence electrons. The zero-order valence-corrected chi connectivity index (χ0v) is 17.9. The lowest BCUT2D eigenvalue weighted by atomic mass is 9.87. The maximum atomic E-state index is 12.7. The monoisotopic (exact) mass is 401 g/mol. The molecule has 0 radical (unpaired) electrons. The molecule has 1 aliphatic carbocycles. The Kier molecular flexibility index (Phi) is 5.79. The molecule has 0 fully saturated rings. The van der Waals surface area contributed by atoms with E-state index in [4.69, 9.17) is 9.47 Å². The molecule has 0 unspecified atom stereocenters. The van der Waals surface area contributed by atoms with Crippen LogP contribution in [0.2, 0.25) is 0 Å². The van der Waals surface area contributed by atoms with E-state index in [1.165, 1.54) is 24.0 Å². The second kappa shape index (κ2) is 7.95. The molecule has 1 aromatic heterocycles. The molecule has 1 aliphatic rings. The molecule has 1 heterocycles. The van der Waals surface area contributed by atoms with E-state index in [0.29, 0.717) is 16.3 Å². The van der Waals surface area contributed by atoms with E-state index in [-0.39, 0.29) is 11.3 Å². The summed E-state index contributed by atoms with van der Waals surface area (Å²) in [6.45, 7) is 8.15. The number of benzene rings is 1. The Morgan fingerprint density at radius 3 is 2.43 bits per heavy atom. The number of ether oxygens (including phenoxy) is 2. The molecule has 0 saturated carbocycles. The zero-order chi connectivity index (χ0) is 20.5. The van der Waals surface area contributed by atoms with Gasteiger partial charge in [0.25, 0.3) is 5.91 Å². The van der Waals surface area contributed by atoms with E-state index in [9.17, 15) is 9.59 Å². The van der Waals surface area contributed by atoms with Crippen molar-refractivity contribution in [1.29, 1.82) is 0 Å². The highest BCUT2D eigenvalue weighted by Crippen LogP contribution is 2.39. The lowest BCUT2D eigenvalue weighted by molar-refractivity contribution is -0.122. The second-order valence-corrected chi connectivity index (χ2v) is 9.18. The fraction of sp³-hybridized carbons (Fsp3) is 0.455. The van der Waals surface area contributed by atoms with Crippen LogP contribution in [0.25, 0.3) is 0 Å². The largest absolute Gasteiger partial charge is 0.481 e. The summed E-state index contributed by atoms with van der Waals surface area (Å²) in [7, 11) is 1.36. The SMILES string of the molecule is COC(=O)c1c(NC(=O)[C@@H](C)Oc2ccc(C(C)(C)C)cc2)sc2c1CCC2. The Morgan fingerprint density at radius 2 is 1.82 bits per heavy atom. The first-order valence-corrected chi connectivity index (χ1v) is 10.3. The first-order chi connectivity index (χ1) is 13.2. The molecule has 1 atom stereocenters. The summed E-state index contributed by atoms with van der Waals surface area (Å²) >= 11 is 1.46. The summed E-state index contributed by atoms with van der Waals surface area (Å²) in [5, 5.41) is 3.42. The molecule has 5 nitrogen and oxygen atoms in total. The summed E-state index contributed by atoms with van der Waals surface area (Å²) in [6, 6.07) is 7.78. The molecule has 2 aromatic rings. The quantitative estimate of drug-likeness (QED) is 0.736. The van der Waals surface area contributed by atoms with Crippen molar-refractivity contribution in [3.05, 3.63) is 45.8 Å². The summed E-state index contributed by atoms with van der Waals surface area (Å²) < 4.78 is 10.7. The van der Waals surface area contributed by atoms with E-state index in [0.717, 1.165) is 29.7 Å². The van der Waals surface area contributed by atoms with Crippen molar-refractivity contribution < 1.29 is 19.1 Å². The Labute approximate surface area is 170 Å². The topological polar surface area (TPSA) is 64.6 Å². The van der Waals surface area contributed by atoms with Crippen LogP contribution in [0.5, 0.6) is 5.75 Å². The number of hydrogen-bond acceptors (Lipinski definition) is 5. The van der Waals surface area contributed by atoms with Gasteiger partial charge in [0.15, 0.2) is 6.10 Å². The Balaban J connectivity index is 1.71. The smallest absolute Gasteiger partial charge is 0.341 e. The molecular formula is C22H27NO4S.